The van der Waals surface area contributed by atoms with E-state index in [-0.39, 0.29) is 5.56 Å². The maximum atomic E-state index is 12.7. The molecule has 0 fully saturated rings. The van der Waals surface area contributed by atoms with Crippen LogP contribution in [-0.4, -0.2) is 31.2 Å². The predicted octanol–water partition coefficient (Wildman–Crippen LogP) is 2.84. The van der Waals surface area contributed by atoms with Gasteiger partial charge in [-0.2, -0.15) is 13.2 Å². The number of sulfone groups is 1. The lowest BCUT2D eigenvalue weighted by Crippen LogP contribution is -2.29. The van der Waals surface area contributed by atoms with Gasteiger partial charge in [0.05, 0.1) is 16.0 Å². The molecule has 0 N–H and O–H groups in total. The van der Waals surface area contributed by atoms with Gasteiger partial charge in [-0.3, -0.25) is 0 Å². The highest BCUT2D eigenvalue weighted by Gasteiger charge is 2.32. The van der Waals surface area contributed by atoms with Gasteiger partial charge in [0.15, 0.2) is 21.6 Å². The van der Waals surface area contributed by atoms with Crippen LogP contribution in [0.15, 0.2) is 23.1 Å². The minimum Gasteiger partial charge on any atom is -0.623 e. The van der Waals surface area contributed by atoms with Crippen LogP contribution >= 0.6 is 0 Å². The molecule has 4 nitrogen and oxygen atoms in total. The van der Waals surface area contributed by atoms with E-state index < -0.39 is 32.0 Å². The Hall–Kier alpha value is -1.57. The first kappa shape index (κ1) is 17.5. The molecular formula is C13H16F3NO3S. The summed E-state index contributed by atoms with van der Waals surface area (Å²) in [6.07, 6.45) is -2.87. The molecule has 0 heterocycles. The Labute approximate surface area is 121 Å². The molecule has 1 rings (SSSR count). The fourth-order valence-electron chi connectivity index (χ4n) is 1.46. The van der Waals surface area contributed by atoms with Crippen molar-refractivity contribution in [2.45, 2.75) is 37.4 Å². The Balaban J connectivity index is 3.56. The van der Waals surface area contributed by atoms with Crippen molar-refractivity contribution in [1.29, 1.82) is 0 Å². The van der Waals surface area contributed by atoms with E-state index in [1.165, 1.54) is 0 Å². The molecule has 0 aliphatic heterocycles. The molecule has 0 bridgehead atoms. The highest BCUT2D eigenvalue weighted by molar-refractivity contribution is 7.90. The Kier molecular flexibility index (Phi) is 4.43. The first-order valence-electron chi connectivity index (χ1n) is 5.95. The van der Waals surface area contributed by atoms with Crippen LogP contribution in [0, 0.1) is 5.21 Å². The van der Waals surface area contributed by atoms with Gasteiger partial charge in [-0.1, -0.05) is 0 Å². The highest BCUT2D eigenvalue weighted by atomic mass is 32.2. The normalized spacial score (nSPS) is 14.3. The van der Waals surface area contributed by atoms with Gasteiger partial charge < -0.3 is 5.21 Å². The summed E-state index contributed by atoms with van der Waals surface area (Å²) in [6.45, 7) is 4.79. The molecule has 21 heavy (non-hydrogen) atoms. The molecule has 0 radical (unpaired) electrons. The Bertz CT molecular complexity index is 671. The molecule has 1 aromatic rings. The average molecular weight is 323 g/mol. The number of hydroxylamine groups is 1. The second-order valence-corrected chi connectivity index (χ2v) is 7.63. The van der Waals surface area contributed by atoms with Crippen molar-refractivity contribution in [1.82, 2.24) is 0 Å². The van der Waals surface area contributed by atoms with E-state index in [1.54, 1.807) is 20.8 Å². The van der Waals surface area contributed by atoms with Gasteiger partial charge in [0.2, 0.25) is 0 Å². The molecule has 0 saturated heterocycles. The molecule has 0 aromatic heterocycles. The Morgan fingerprint density at radius 3 is 2.10 bits per heavy atom. The van der Waals surface area contributed by atoms with Crippen LogP contribution in [0.3, 0.4) is 0 Å². The van der Waals surface area contributed by atoms with E-state index in [9.17, 15) is 26.8 Å². The fraction of sp³-hybridized carbons (Fsp3) is 0.462. The van der Waals surface area contributed by atoms with Gasteiger partial charge in [0, 0.05) is 27.0 Å². The maximum Gasteiger partial charge on any atom is 0.416 e. The summed E-state index contributed by atoms with van der Waals surface area (Å²) < 4.78 is 61.8. The molecule has 0 saturated carbocycles. The second kappa shape index (κ2) is 5.32. The number of hydrogen-bond donors (Lipinski definition) is 0. The van der Waals surface area contributed by atoms with Crippen molar-refractivity contribution in [3.05, 3.63) is 34.5 Å². The zero-order valence-corrected chi connectivity index (χ0v) is 12.8. The maximum absolute atomic E-state index is 12.7. The summed E-state index contributed by atoms with van der Waals surface area (Å²) >= 11 is 0. The number of halogens is 3. The molecule has 8 heteroatoms. The number of rotatable bonds is 2. The average Bonchev–Trinajstić information content (AvgIpc) is 2.25. The summed E-state index contributed by atoms with van der Waals surface area (Å²) in [5.41, 5.74) is -1.99. The van der Waals surface area contributed by atoms with Crippen LogP contribution < -0.4 is 0 Å². The lowest BCUT2D eigenvalue weighted by molar-refractivity contribution is -0.530. The molecule has 0 aliphatic carbocycles. The first-order valence-corrected chi connectivity index (χ1v) is 7.85. The Morgan fingerprint density at radius 1 is 1.19 bits per heavy atom. The number of hydrogen-bond acceptors (Lipinski definition) is 3. The smallest absolute Gasteiger partial charge is 0.416 e. The third-order valence-corrected chi connectivity index (χ3v) is 3.81. The molecule has 0 unspecified atom stereocenters. The van der Waals surface area contributed by atoms with Gasteiger partial charge in [0.1, 0.15) is 0 Å². The van der Waals surface area contributed by atoms with Crippen molar-refractivity contribution in [2.75, 3.05) is 6.26 Å². The lowest BCUT2D eigenvalue weighted by atomic mass is 10.1. The zero-order valence-electron chi connectivity index (χ0n) is 12.0. The molecular weight excluding hydrogens is 307 g/mol. The molecule has 0 aliphatic rings. The van der Waals surface area contributed by atoms with E-state index in [1.807, 2.05) is 0 Å². The second-order valence-electron chi connectivity index (χ2n) is 5.65. The number of alkyl halides is 3. The van der Waals surface area contributed by atoms with E-state index in [0.29, 0.717) is 10.8 Å². The highest BCUT2D eigenvalue weighted by Crippen LogP contribution is 2.31. The summed E-state index contributed by atoms with van der Waals surface area (Å²) in [5.74, 6) is 0. The van der Waals surface area contributed by atoms with Gasteiger partial charge >= 0.3 is 6.18 Å². The lowest BCUT2D eigenvalue weighted by Gasteiger charge is -2.19. The summed E-state index contributed by atoms with van der Waals surface area (Å²) in [4.78, 5) is -0.526. The van der Waals surface area contributed by atoms with Crippen LogP contribution in [0.4, 0.5) is 13.2 Å². The van der Waals surface area contributed by atoms with Crippen molar-refractivity contribution in [3.63, 3.8) is 0 Å². The molecule has 0 spiro atoms. The summed E-state index contributed by atoms with van der Waals surface area (Å²) in [6, 6.07) is 2.27. The van der Waals surface area contributed by atoms with Crippen LogP contribution in [0.2, 0.25) is 0 Å². The summed E-state index contributed by atoms with van der Waals surface area (Å²) in [5, 5.41) is 11.8. The minimum atomic E-state index is -4.65. The zero-order chi connectivity index (χ0) is 16.6. The fourth-order valence-corrected chi connectivity index (χ4v) is 2.35. The van der Waals surface area contributed by atoms with Crippen molar-refractivity contribution >= 4 is 16.1 Å². The number of benzene rings is 1. The largest absolute Gasteiger partial charge is 0.623 e. The predicted molar refractivity (Wildman–Crippen MR) is 73.1 cm³/mol. The molecule has 118 valence electrons. The van der Waals surface area contributed by atoms with E-state index >= 15 is 0 Å². The van der Waals surface area contributed by atoms with E-state index in [2.05, 4.69) is 0 Å². The van der Waals surface area contributed by atoms with Crippen molar-refractivity contribution in [2.24, 2.45) is 0 Å². The van der Waals surface area contributed by atoms with Gasteiger partial charge in [0.25, 0.3) is 0 Å². The monoisotopic (exact) mass is 323 g/mol. The van der Waals surface area contributed by atoms with E-state index in [0.717, 1.165) is 24.6 Å². The molecule has 0 atom stereocenters. The first-order chi connectivity index (χ1) is 9.23. The SMILES string of the molecule is CC(C)(C)[N+]([O-])=Cc1ccc(C(F)(F)F)cc1S(C)(=O)=O. The van der Waals surface area contributed by atoms with Crippen LogP contribution in [0.5, 0.6) is 0 Å². The van der Waals surface area contributed by atoms with Crippen molar-refractivity contribution in [3.8, 4) is 0 Å². The standard InChI is InChI=1S/C13H16F3NO3S/c1-12(2,3)17(18)8-9-5-6-10(13(14,15)16)7-11(9)21(4,19)20/h5-8H,1-4H3. The topological polar surface area (TPSA) is 60.2 Å². The van der Waals surface area contributed by atoms with Gasteiger partial charge in [-0.25, -0.2) is 13.2 Å². The number of nitrogens with zero attached hydrogens (tertiary/aromatic N) is 1. The quantitative estimate of drug-likeness (QED) is 0.364. The van der Waals surface area contributed by atoms with Crippen LogP contribution in [-0.2, 0) is 16.0 Å². The summed E-state index contributed by atoms with van der Waals surface area (Å²) in [7, 11) is -3.90. The van der Waals surface area contributed by atoms with Crippen LogP contribution in [0.25, 0.3) is 0 Å². The third-order valence-electron chi connectivity index (χ3n) is 2.66. The Morgan fingerprint density at radius 2 is 1.71 bits per heavy atom. The molecule has 1 aromatic carbocycles. The van der Waals surface area contributed by atoms with Crippen LogP contribution in [0.1, 0.15) is 31.9 Å². The third kappa shape index (κ3) is 4.45. The van der Waals surface area contributed by atoms with Gasteiger partial charge in [-0.05, 0) is 18.2 Å². The van der Waals surface area contributed by atoms with Gasteiger partial charge in [-0.15, -0.1) is 0 Å². The van der Waals surface area contributed by atoms with Crippen molar-refractivity contribution < 1.29 is 26.3 Å². The molecule has 0 amide bonds. The van der Waals surface area contributed by atoms with E-state index in [4.69, 9.17) is 0 Å². The minimum absolute atomic E-state index is 0.0737.